The third kappa shape index (κ3) is 2.80. The van der Waals surface area contributed by atoms with E-state index in [1.807, 2.05) is 6.92 Å². The van der Waals surface area contributed by atoms with Crippen LogP contribution in [0.1, 0.15) is 48.3 Å². The summed E-state index contributed by atoms with van der Waals surface area (Å²) in [7, 11) is 1.68. The van der Waals surface area contributed by atoms with Crippen LogP contribution in [0.4, 0.5) is 0 Å². The number of thiophene rings is 1. The number of nitrogens with one attached hydrogen (secondary N) is 1. The van der Waals surface area contributed by atoms with E-state index in [1.54, 1.807) is 7.05 Å². The first-order valence-corrected chi connectivity index (χ1v) is 8.97. The average Bonchev–Trinajstić information content (AvgIpc) is 2.85. The molecule has 1 fully saturated rings. The van der Waals surface area contributed by atoms with Crippen LogP contribution in [0, 0.1) is 18.8 Å². The molecule has 1 N–H and O–H groups in total. The van der Waals surface area contributed by atoms with Gasteiger partial charge in [0, 0.05) is 13.1 Å². The minimum Gasteiger partial charge on any atom is -0.348 e. The first-order chi connectivity index (χ1) is 10.9. The maximum Gasteiger partial charge on any atom is 0.262 e. The zero-order valence-electron chi connectivity index (χ0n) is 14.0. The quantitative estimate of drug-likeness (QED) is 0.919. The van der Waals surface area contributed by atoms with Crippen LogP contribution in [-0.2, 0) is 7.05 Å². The van der Waals surface area contributed by atoms with E-state index in [1.165, 1.54) is 28.7 Å². The predicted molar refractivity (Wildman–Crippen MR) is 93.0 cm³/mol. The van der Waals surface area contributed by atoms with Crippen molar-refractivity contribution in [2.75, 3.05) is 0 Å². The summed E-state index contributed by atoms with van der Waals surface area (Å²) in [5.41, 5.74) is 0.648. The van der Waals surface area contributed by atoms with Crippen molar-refractivity contribution < 1.29 is 4.79 Å². The molecular weight excluding hydrogens is 310 g/mol. The number of hydrogen-bond donors (Lipinski definition) is 1. The summed E-state index contributed by atoms with van der Waals surface area (Å²) in [6.07, 6.45) is 4.92. The number of amides is 1. The van der Waals surface area contributed by atoms with Gasteiger partial charge in [-0.1, -0.05) is 26.7 Å². The molecular formula is C17H23N3O2S. The molecule has 6 heteroatoms. The molecule has 2 aromatic heterocycles. The standard InChI is InChI=1S/C17H23N3O2S/c1-9-6-5-7-12(10(9)2)19-15(21)14-11(3)13-16(23-14)18-8-20(4)17(13)22/h8-10,12H,5-7H2,1-4H3,(H,19,21). The van der Waals surface area contributed by atoms with Crippen molar-refractivity contribution >= 4 is 27.5 Å². The predicted octanol–water partition coefficient (Wildman–Crippen LogP) is 2.86. The molecule has 3 atom stereocenters. The summed E-state index contributed by atoms with van der Waals surface area (Å²) in [4.78, 5) is 30.5. The van der Waals surface area contributed by atoms with Gasteiger partial charge >= 0.3 is 0 Å². The van der Waals surface area contributed by atoms with Crippen LogP contribution >= 0.6 is 11.3 Å². The highest BCUT2D eigenvalue weighted by atomic mass is 32.1. The van der Waals surface area contributed by atoms with Crippen molar-refractivity contribution in [3.8, 4) is 0 Å². The maximum atomic E-state index is 12.7. The highest BCUT2D eigenvalue weighted by molar-refractivity contribution is 7.20. The molecule has 1 saturated carbocycles. The van der Waals surface area contributed by atoms with E-state index in [4.69, 9.17) is 0 Å². The monoisotopic (exact) mass is 333 g/mol. The van der Waals surface area contributed by atoms with Crippen molar-refractivity contribution in [2.24, 2.45) is 18.9 Å². The molecule has 2 heterocycles. The number of aryl methyl sites for hydroxylation is 2. The molecule has 0 bridgehead atoms. The molecule has 1 amide bonds. The first-order valence-electron chi connectivity index (χ1n) is 8.15. The van der Waals surface area contributed by atoms with Crippen molar-refractivity contribution in [3.05, 3.63) is 27.1 Å². The smallest absolute Gasteiger partial charge is 0.262 e. The second-order valence-corrected chi connectivity index (χ2v) is 7.74. The molecule has 0 spiro atoms. The van der Waals surface area contributed by atoms with Crippen LogP contribution in [0.5, 0.6) is 0 Å². The van der Waals surface area contributed by atoms with Gasteiger partial charge in [-0.25, -0.2) is 4.98 Å². The summed E-state index contributed by atoms with van der Waals surface area (Å²) in [6, 6.07) is 0.214. The second-order valence-electron chi connectivity index (χ2n) is 6.74. The third-order valence-electron chi connectivity index (χ3n) is 5.24. The van der Waals surface area contributed by atoms with Gasteiger partial charge in [-0.2, -0.15) is 0 Å². The number of carbonyl (C=O) groups is 1. The molecule has 0 radical (unpaired) electrons. The highest BCUT2D eigenvalue weighted by Gasteiger charge is 2.29. The van der Waals surface area contributed by atoms with Gasteiger partial charge in [-0.05, 0) is 30.7 Å². The van der Waals surface area contributed by atoms with Crippen LogP contribution in [0.25, 0.3) is 10.2 Å². The number of carbonyl (C=O) groups excluding carboxylic acids is 1. The van der Waals surface area contributed by atoms with Gasteiger partial charge in [0.1, 0.15) is 4.83 Å². The Labute approximate surface area is 139 Å². The maximum absolute atomic E-state index is 12.7. The fourth-order valence-corrected chi connectivity index (χ4v) is 4.49. The number of aromatic nitrogens is 2. The topological polar surface area (TPSA) is 64.0 Å². The van der Waals surface area contributed by atoms with E-state index < -0.39 is 0 Å². The fraction of sp³-hybridized carbons (Fsp3) is 0.588. The third-order valence-corrected chi connectivity index (χ3v) is 6.44. The molecule has 3 rings (SSSR count). The van der Waals surface area contributed by atoms with Crippen LogP contribution in [0.2, 0.25) is 0 Å². The lowest BCUT2D eigenvalue weighted by molar-refractivity contribution is 0.0895. The van der Waals surface area contributed by atoms with E-state index in [2.05, 4.69) is 24.1 Å². The lowest BCUT2D eigenvalue weighted by atomic mass is 9.78. The van der Waals surface area contributed by atoms with Gasteiger partial charge in [0.05, 0.1) is 16.6 Å². The summed E-state index contributed by atoms with van der Waals surface area (Å²) in [6.45, 7) is 6.30. The molecule has 3 unspecified atom stereocenters. The molecule has 23 heavy (non-hydrogen) atoms. The second kappa shape index (κ2) is 6.07. The largest absolute Gasteiger partial charge is 0.348 e. The first kappa shape index (κ1) is 16.2. The Hall–Kier alpha value is -1.69. The lowest BCUT2D eigenvalue weighted by Crippen LogP contribution is -2.43. The Bertz CT molecular complexity index is 808. The van der Waals surface area contributed by atoms with Gasteiger partial charge in [0.15, 0.2) is 0 Å². The normalized spacial score (nSPS) is 24.8. The van der Waals surface area contributed by atoms with Crippen molar-refractivity contribution in [1.29, 1.82) is 0 Å². The summed E-state index contributed by atoms with van der Waals surface area (Å²) >= 11 is 1.31. The van der Waals surface area contributed by atoms with E-state index in [0.717, 1.165) is 18.4 Å². The van der Waals surface area contributed by atoms with E-state index in [9.17, 15) is 9.59 Å². The van der Waals surface area contributed by atoms with Crippen LogP contribution in [0.3, 0.4) is 0 Å². The molecule has 124 valence electrons. The highest BCUT2D eigenvalue weighted by Crippen LogP contribution is 2.31. The Morgan fingerprint density at radius 3 is 2.87 bits per heavy atom. The SMILES string of the molecule is Cc1c(C(=O)NC2CCCC(C)C2C)sc2ncn(C)c(=O)c12. The molecule has 0 aromatic carbocycles. The van der Waals surface area contributed by atoms with Gasteiger partial charge in [-0.15, -0.1) is 11.3 Å². The van der Waals surface area contributed by atoms with Crippen molar-refractivity contribution in [2.45, 2.75) is 46.1 Å². The molecule has 1 aliphatic rings. The van der Waals surface area contributed by atoms with Crippen molar-refractivity contribution in [3.63, 3.8) is 0 Å². The fourth-order valence-electron chi connectivity index (χ4n) is 3.45. The molecule has 0 saturated heterocycles. The van der Waals surface area contributed by atoms with Crippen LogP contribution in [-0.4, -0.2) is 21.5 Å². The van der Waals surface area contributed by atoms with Crippen molar-refractivity contribution in [1.82, 2.24) is 14.9 Å². The molecule has 0 aliphatic heterocycles. The van der Waals surface area contributed by atoms with Gasteiger partial charge in [-0.3, -0.25) is 9.59 Å². The Balaban J connectivity index is 1.91. The van der Waals surface area contributed by atoms with Crippen LogP contribution < -0.4 is 10.9 Å². The molecule has 2 aromatic rings. The number of fused-ring (bicyclic) bond motifs is 1. The summed E-state index contributed by atoms with van der Waals surface area (Å²) < 4.78 is 1.45. The number of nitrogens with zero attached hydrogens (tertiary/aromatic N) is 2. The summed E-state index contributed by atoms with van der Waals surface area (Å²) in [5, 5.41) is 3.75. The Morgan fingerprint density at radius 1 is 1.39 bits per heavy atom. The zero-order chi connectivity index (χ0) is 16.7. The van der Waals surface area contributed by atoms with E-state index in [0.29, 0.717) is 26.9 Å². The van der Waals surface area contributed by atoms with E-state index in [-0.39, 0.29) is 17.5 Å². The number of rotatable bonds is 2. The molecule has 1 aliphatic carbocycles. The van der Waals surface area contributed by atoms with Crippen LogP contribution in [0.15, 0.2) is 11.1 Å². The number of hydrogen-bond acceptors (Lipinski definition) is 4. The van der Waals surface area contributed by atoms with Gasteiger partial charge < -0.3 is 9.88 Å². The Kier molecular flexibility index (Phi) is 4.27. The zero-order valence-corrected chi connectivity index (χ0v) is 14.9. The minimum absolute atomic E-state index is 0.0708. The molecule has 5 nitrogen and oxygen atoms in total. The lowest BCUT2D eigenvalue weighted by Gasteiger charge is -2.34. The van der Waals surface area contributed by atoms with Gasteiger partial charge in [0.25, 0.3) is 11.5 Å². The van der Waals surface area contributed by atoms with Gasteiger partial charge in [0.2, 0.25) is 0 Å². The Morgan fingerprint density at radius 2 is 2.13 bits per heavy atom. The minimum atomic E-state index is -0.0949. The summed E-state index contributed by atoms with van der Waals surface area (Å²) in [5.74, 6) is 1.04. The van der Waals surface area contributed by atoms with E-state index >= 15 is 0 Å². The average molecular weight is 333 g/mol.